The number of aryl methyl sites for hydroxylation is 2. The lowest BCUT2D eigenvalue weighted by molar-refractivity contribution is -0.149. The van der Waals surface area contributed by atoms with Crippen molar-refractivity contribution in [2.75, 3.05) is 19.7 Å². The van der Waals surface area contributed by atoms with E-state index in [9.17, 15) is 9.59 Å². The lowest BCUT2D eigenvalue weighted by Crippen LogP contribution is -2.43. The normalized spacial score (nSPS) is 16.6. The Hall–Kier alpha value is -3.07. The Labute approximate surface area is 199 Å². The molecule has 3 aromatic rings. The third kappa shape index (κ3) is 4.61. The van der Waals surface area contributed by atoms with Crippen molar-refractivity contribution in [2.45, 2.75) is 66.0 Å². The highest BCUT2D eigenvalue weighted by molar-refractivity contribution is 5.83. The number of pyridine rings is 1. The lowest BCUT2D eigenvalue weighted by Gasteiger charge is -2.37. The number of benzene rings is 1. The van der Waals surface area contributed by atoms with Crippen molar-refractivity contribution in [3.05, 3.63) is 51.1 Å². The van der Waals surface area contributed by atoms with E-state index in [1.54, 1.807) is 4.68 Å². The van der Waals surface area contributed by atoms with Crippen LogP contribution in [0.1, 0.15) is 69.1 Å². The van der Waals surface area contributed by atoms with Crippen LogP contribution in [0.25, 0.3) is 10.9 Å². The summed E-state index contributed by atoms with van der Waals surface area (Å²) in [6.07, 6.45) is 1.33. The van der Waals surface area contributed by atoms with Crippen LogP contribution in [0.2, 0.25) is 0 Å². The highest BCUT2D eigenvalue weighted by atomic mass is 16.5. The number of hydrogen-bond acceptors (Lipinski definition) is 7. The number of aromatic nitrogens is 5. The maximum absolute atomic E-state index is 13.4. The number of carbonyl (C=O) groups is 1. The molecule has 1 fully saturated rings. The second kappa shape index (κ2) is 9.29. The number of likely N-dealkylation sites (tertiary alicyclic amines) is 1. The molecule has 0 saturated carbocycles. The maximum Gasteiger partial charge on any atom is 0.309 e. The number of ether oxygens (including phenoxy) is 1. The first-order valence-electron chi connectivity index (χ1n) is 11.9. The number of fused-ring (bicyclic) bond motifs is 1. The Morgan fingerprint density at radius 2 is 1.91 bits per heavy atom. The quantitative estimate of drug-likeness (QED) is 0.575. The molecule has 1 N–H and O–H groups in total. The molecule has 1 saturated heterocycles. The van der Waals surface area contributed by atoms with E-state index in [1.165, 1.54) is 0 Å². The molecular weight excluding hydrogens is 432 g/mol. The van der Waals surface area contributed by atoms with E-state index in [1.807, 2.05) is 40.7 Å². The Morgan fingerprint density at radius 1 is 1.21 bits per heavy atom. The molecule has 3 heterocycles. The standard InChI is InChI=1S/C25H34N6O3/c1-7-34-24(33)17-8-10-30(11-9-17)21(22-27-28-29-31(22)25(4,5)6)19-14-18-13-15(2)12-16(3)20(18)26-23(19)32/h12-14,17,21H,7-11H2,1-6H3,(H,26,32)/t21-/m0/s1. The van der Waals surface area contributed by atoms with Gasteiger partial charge in [-0.3, -0.25) is 14.5 Å². The van der Waals surface area contributed by atoms with Gasteiger partial charge in [-0.15, -0.1) is 5.10 Å². The number of nitrogens with one attached hydrogen (secondary N) is 1. The summed E-state index contributed by atoms with van der Waals surface area (Å²) in [5, 5.41) is 13.6. The summed E-state index contributed by atoms with van der Waals surface area (Å²) in [6.45, 7) is 13.6. The molecule has 0 amide bonds. The van der Waals surface area contributed by atoms with Crippen LogP contribution < -0.4 is 5.56 Å². The van der Waals surface area contributed by atoms with Gasteiger partial charge in [0.15, 0.2) is 5.82 Å². The van der Waals surface area contributed by atoms with Crippen LogP contribution in [0.3, 0.4) is 0 Å². The Kier molecular flexibility index (Phi) is 6.58. The number of aromatic amines is 1. The summed E-state index contributed by atoms with van der Waals surface area (Å²) in [6, 6.07) is 5.68. The van der Waals surface area contributed by atoms with Crippen LogP contribution in [0, 0.1) is 19.8 Å². The molecule has 4 rings (SSSR count). The van der Waals surface area contributed by atoms with Crippen molar-refractivity contribution < 1.29 is 9.53 Å². The number of piperidine rings is 1. The molecule has 1 atom stereocenters. The molecule has 9 nitrogen and oxygen atoms in total. The average molecular weight is 467 g/mol. The largest absolute Gasteiger partial charge is 0.466 e. The molecule has 0 spiro atoms. The first-order valence-corrected chi connectivity index (χ1v) is 11.9. The van der Waals surface area contributed by atoms with Gasteiger partial charge in [0.05, 0.1) is 23.6 Å². The molecule has 182 valence electrons. The minimum atomic E-state index is -0.439. The van der Waals surface area contributed by atoms with Crippen molar-refractivity contribution >= 4 is 16.9 Å². The van der Waals surface area contributed by atoms with Crippen molar-refractivity contribution in [2.24, 2.45) is 5.92 Å². The van der Waals surface area contributed by atoms with E-state index in [2.05, 4.69) is 44.5 Å². The van der Waals surface area contributed by atoms with Crippen LogP contribution in [0.15, 0.2) is 23.0 Å². The van der Waals surface area contributed by atoms with E-state index in [0.717, 1.165) is 22.0 Å². The van der Waals surface area contributed by atoms with Gasteiger partial charge >= 0.3 is 5.97 Å². The van der Waals surface area contributed by atoms with E-state index < -0.39 is 6.04 Å². The van der Waals surface area contributed by atoms with Crippen molar-refractivity contribution in [3.8, 4) is 0 Å². The lowest BCUT2D eigenvalue weighted by atomic mass is 9.93. The average Bonchev–Trinajstić information content (AvgIpc) is 3.26. The van der Waals surface area contributed by atoms with E-state index in [4.69, 9.17) is 4.74 Å². The van der Waals surface area contributed by atoms with Crippen LogP contribution in [-0.2, 0) is 15.1 Å². The highest BCUT2D eigenvalue weighted by Gasteiger charge is 2.36. The topological polar surface area (TPSA) is 106 Å². The Balaban J connectivity index is 1.81. The van der Waals surface area contributed by atoms with Gasteiger partial charge in [0.1, 0.15) is 6.04 Å². The molecule has 0 radical (unpaired) electrons. The summed E-state index contributed by atoms with van der Waals surface area (Å²) in [7, 11) is 0. The Morgan fingerprint density at radius 3 is 2.56 bits per heavy atom. The molecule has 34 heavy (non-hydrogen) atoms. The number of H-pyrrole nitrogens is 1. The highest BCUT2D eigenvalue weighted by Crippen LogP contribution is 2.33. The smallest absolute Gasteiger partial charge is 0.309 e. The zero-order chi connectivity index (χ0) is 24.6. The molecule has 2 aromatic heterocycles. The Bertz CT molecular complexity index is 1250. The second-order valence-electron chi connectivity index (χ2n) is 10.2. The van der Waals surface area contributed by atoms with Gasteiger partial charge in [0.25, 0.3) is 5.56 Å². The predicted molar refractivity (Wildman–Crippen MR) is 130 cm³/mol. The van der Waals surface area contributed by atoms with Gasteiger partial charge in [-0.1, -0.05) is 11.6 Å². The fourth-order valence-electron chi connectivity index (χ4n) is 4.90. The minimum absolute atomic E-state index is 0.129. The van der Waals surface area contributed by atoms with Crippen LogP contribution in [0.5, 0.6) is 0 Å². The van der Waals surface area contributed by atoms with E-state index in [-0.39, 0.29) is 23.0 Å². The van der Waals surface area contributed by atoms with Crippen LogP contribution in [-0.4, -0.2) is 55.8 Å². The zero-order valence-electron chi connectivity index (χ0n) is 20.9. The van der Waals surface area contributed by atoms with Crippen molar-refractivity contribution in [1.82, 2.24) is 30.1 Å². The molecule has 1 aromatic carbocycles. The summed E-state index contributed by atoms with van der Waals surface area (Å²) < 4.78 is 7.03. The summed E-state index contributed by atoms with van der Waals surface area (Å²) in [4.78, 5) is 31.0. The predicted octanol–water partition coefficient (Wildman–Crippen LogP) is 3.25. The summed E-state index contributed by atoms with van der Waals surface area (Å²) >= 11 is 0. The van der Waals surface area contributed by atoms with E-state index in [0.29, 0.717) is 43.9 Å². The summed E-state index contributed by atoms with van der Waals surface area (Å²) in [5.41, 5.74) is 3.10. The fraction of sp³-hybridized carbons (Fsp3) is 0.560. The number of nitrogens with zero attached hydrogens (tertiary/aromatic N) is 5. The minimum Gasteiger partial charge on any atom is -0.466 e. The molecule has 0 bridgehead atoms. The fourth-order valence-corrected chi connectivity index (χ4v) is 4.90. The molecule has 0 unspecified atom stereocenters. The van der Waals surface area contributed by atoms with Gasteiger partial charge < -0.3 is 9.72 Å². The van der Waals surface area contributed by atoms with Gasteiger partial charge in [-0.2, -0.15) is 0 Å². The number of tetrazole rings is 1. The number of rotatable bonds is 5. The van der Waals surface area contributed by atoms with Gasteiger partial charge in [-0.05, 0) is 87.9 Å². The van der Waals surface area contributed by atoms with Crippen LogP contribution in [0.4, 0.5) is 0 Å². The molecule has 1 aliphatic rings. The van der Waals surface area contributed by atoms with Crippen LogP contribution >= 0.6 is 0 Å². The summed E-state index contributed by atoms with van der Waals surface area (Å²) in [5.74, 6) is 0.347. The monoisotopic (exact) mass is 466 g/mol. The first-order chi connectivity index (χ1) is 16.1. The third-order valence-corrected chi connectivity index (χ3v) is 6.50. The van der Waals surface area contributed by atoms with Gasteiger partial charge in [0, 0.05) is 18.7 Å². The van der Waals surface area contributed by atoms with Gasteiger partial charge in [-0.25, -0.2) is 4.68 Å². The van der Waals surface area contributed by atoms with E-state index >= 15 is 0 Å². The van der Waals surface area contributed by atoms with Gasteiger partial charge in [0.2, 0.25) is 0 Å². The number of hydrogen-bond donors (Lipinski definition) is 1. The molecule has 1 aliphatic heterocycles. The number of carbonyl (C=O) groups excluding carboxylic acids is 1. The SMILES string of the molecule is CCOC(=O)C1CCN([C@@H](c2cc3cc(C)cc(C)c3[nH]c2=O)c2nnnn2C(C)(C)C)CC1. The molecule has 0 aliphatic carbocycles. The maximum atomic E-state index is 13.4. The second-order valence-corrected chi connectivity index (χ2v) is 10.2. The third-order valence-electron chi connectivity index (χ3n) is 6.50. The number of esters is 1. The van der Waals surface area contributed by atoms with Crippen molar-refractivity contribution in [3.63, 3.8) is 0 Å². The zero-order valence-corrected chi connectivity index (χ0v) is 20.9. The van der Waals surface area contributed by atoms with Crippen molar-refractivity contribution in [1.29, 1.82) is 0 Å². The first kappa shape index (κ1) is 24.1. The molecule has 9 heteroatoms. The molecular formula is C25H34N6O3.